The number of likely N-dealkylation sites (tertiary alicyclic amines) is 2. The third-order valence-electron chi connectivity index (χ3n) is 3.53. The highest BCUT2D eigenvalue weighted by Crippen LogP contribution is 2.19. The zero-order chi connectivity index (χ0) is 11.4. The number of carboxylic acids is 1. The number of nitrogens with zero attached hydrogens (tertiary/aromatic N) is 2. The Kier molecular flexibility index (Phi) is 3.96. The quantitative estimate of drug-likeness (QED) is 0.717. The summed E-state index contributed by atoms with van der Waals surface area (Å²) in [7, 11) is 0. The summed E-state index contributed by atoms with van der Waals surface area (Å²) in [5.41, 5.74) is 0. The van der Waals surface area contributed by atoms with Gasteiger partial charge in [-0.15, -0.1) is 0 Å². The molecule has 2 heterocycles. The molecule has 1 unspecified atom stereocenters. The van der Waals surface area contributed by atoms with E-state index < -0.39 is 5.97 Å². The number of aliphatic carboxylic acids is 1. The Bertz CT molecular complexity index is 272. The van der Waals surface area contributed by atoms with Crippen LogP contribution in [0.5, 0.6) is 0 Å². The number of carbonyl (C=O) groups is 1. The maximum absolute atomic E-state index is 10.3. The van der Waals surface area contributed by atoms with Crippen LogP contribution in [-0.4, -0.2) is 59.6 Å². The Hall–Kier alpha value is -0.870. The summed E-state index contributed by atoms with van der Waals surface area (Å²) in [6, 6.07) is 0.709. The largest absolute Gasteiger partial charge is 0.478 e. The summed E-state index contributed by atoms with van der Waals surface area (Å²) < 4.78 is 0. The van der Waals surface area contributed by atoms with E-state index in [-0.39, 0.29) is 0 Å². The van der Waals surface area contributed by atoms with Crippen LogP contribution in [0.1, 0.15) is 19.3 Å². The Morgan fingerprint density at radius 3 is 2.75 bits per heavy atom. The van der Waals surface area contributed by atoms with Gasteiger partial charge in [-0.2, -0.15) is 0 Å². The van der Waals surface area contributed by atoms with Crippen LogP contribution in [0.4, 0.5) is 0 Å². The van der Waals surface area contributed by atoms with E-state index in [1.807, 2.05) is 0 Å². The molecular weight excluding hydrogens is 204 g/mol. The zero-order valence-electron chi connectivity index (χ0n) is 9.64. The van der Waals surface area contributed by atoms with Crippen LogP contribution < -0.4 is 0 Å². The number of rotatable bonds is 4. The van der Waals surface area contributed by atoms with Gasteiger partial charge in [-0.3, -0.25) is 9.80 Å². The molecule has 2 fully saturated rings. The fourth-order valence-electron chi connectivity index (χ4n) is 2.69. The van der Waals surface area contributed by atoms with Crippen molar-refractivity contribution in [3.8, 4) is 0 Å². The molecule has 0 aromatic heterocycles. The standard InChI is InChI=1S/C12H20N2O2/c15-12(16)4-3-6-13-9-5-11(10-13)14-7-1-2-8-14/h3-4,11H,1-2,5-10H2,(H,15,16). The average molecular weight is 224 g/mol. The topological polar surface area (TPSA) is 43.8 Å². The number of hydrogen-bond donors (Lipinski definition) is 1. The van der Waals surface area contributed by atoms with Crippen molar-refractivity contribution in [1.29, 1.82) is 0 Å². The van der Waals surface area contributed by atoms with Gasteiger partial charge in [-0.25, -0.2) is 4.79 Å². The van der Waals surface area contributed by atoms with E-state index in [9.17, 15) is 4.79 Å². The molecule has 0 amide bonds. The van der Waals surface area contributed by atoms with Crippen LogP contribution >= 0.6 is 0 Å². The predicted octanol–water partition coefficient (Wildman–Crippen LogP) is 0.797. The molecule has 4 heteroatoms. The molecule has 2 aliphatic heterocycles. The third kappa shape index (κ3) is 3.06. The Labute approximate surface area is 96.5 Å². The van der Waals surface area contributed by atoms with E-state index >= 15 is 0 Å². The molecule has 90 valence electrons. The van der Waals surface area contributed by atoms with Gasteiger partial charge in [0.1, 0.15) is 0 Å². The highest BCUT2D eigenvalue weighted by Gasteiger charge is 2.28. The SMILES string of the molecule is O=C(O)C=CCN1CCC(N2CCCC2)C1. The van der Waals surface area contributed by atoms with Crippen LogP contribution in [0, 0.1) is 0 Å². The fraction of sp³-hybridized carbons (Fsp3) is 0.750. The van der Waals surface area contributed by atoms with E-state index in [1.54, 1.807) is 6.08 Å². The van der Waals surface area contributed by atoms with Crippen molar-refractivity contribution in [3.63, 3.8) is 0 Å². The van der Waals surface area contributed by atoms with E-state index in [0.29, 0.717) is 6.04 Å². The second kappa shape index (κ2) is 5.46. The molecule has 2 saturated heterocycles. The number of carboxylic acid groups (broad SMARTS) is 1. The summed E-state index contributed by atoms with van der Waals surface area (Å²) in [4.78, 5) is 15.3. The maximum atomic E-state index is 10.3. The van der Waals surface area contributed by atoms with Gasteiger partial charge in [0.25, 0.3) is 0 Å². The predicted molar refractivity (Wildman–Crippen MR) is 62.4 cm³/mol. The molecule has 16 heavy (non-hydrogen) atoms. The van der Waals surface area contributed by atoms with Crippen molar-refractivity contribution in [2.24, 2.45) is 0 Å². The lowest BCUT2D eigenvalue weighted by atomic mass is 10.2. The maximum Gasteiger partial charge on any atom is 0.328 e. The van der Waals surface area contributed by atoms with Gasteiger partial charge in [0, 0.05) is 31.8 Å². The smallest absolute Gasteiger partial charge is 0.328 e. The van der Waals surface area contributed by atoms with Gasteiger partial charge >= 0.3 is 5.97 Å². The normalized spacial score (nSPS) is 28.1. The summed E-state index contributed by atoms with van der Waals surface area (Å²) in [6.07, 6.45) is 6.91. The lowest BCUT2D eigenvalue weighted by Gasteiger charge is -2.23. The molecule has 2 aliphatic rings. The Morgan fingerprint density at radius 2 is 2.06 bits per heavy atom. The summed E-state index contributed by atoms with van der Waals surface area (Å²) in [6.45, 7) is 5.48. The first-order valence-corrected chi connectivity index (χ1v) is 6.11. The Balaban J connectivity index is 1.72. The van der Waals surface area contributed by atoms with Crippen molar-refractivity contribution in [2.45, 2.75) is 25.3 Å². The minimum absolute atomic E-state index is 0.709. The first kappa shape index (κ1) is 11.6. The monoisotopic (exact) mass is 224 g/mol. The lowest BCUT2D eigenvalue weighted by Crippen LogP contribution is -2.35. The molecule has 0 radical (unpaired) electrons. The van der Waals surface area contributed by atoms with Crippen LogP contribution in [-0.2, 0) is 4.79 Å². The van der Waals surface area contributed by atoms with Crippen molar-refractivity contribution in [1.82, 2.24) is 9.80 Å². The molecule has 0 saturated carbocycles. The molecule has 0 aliphatic carbocycles. The van der Waals surface area contributed by atoms with Crippen molar-refractivity contribution in [3.05, 3.63) is 12.2 Å². The first-order valence-electron chi connectivity index (χ1n) is 6.11. The zero-order valence-corrected chi connectivity index (χ0v) is 9.64. The van der Waals surface area contributed by atoms with Crippen LogP contribution in [0.2, 0.25) is 0 Å². The van der Waals surface area contributed by atoms with E-state index in [1.165, 1.54) is 38.4 Å². The van der Waals surface area contributed by atoms with Crippen molar-refractivity contribution >= 4 is 5.97 Å². The van der Waals surface area contributed by atoms with E-state index in [2.05, 4.69) is 9.80 Å². The Morgan fingerprint density at radius 1 is 1.31 bits per heavy atom. The number of hydrogen-bond acceptors (Lipinski definition) is 3. The van der Waals surface area contributed by atoms with E-state index in [4.69, 9.17) is 5.11 Å². The van der Waals surface area contributed by atoms with Gasteiger partial charge in [-0.05, 0) is 32.4 Å². The average Bonchev–Trinajstić information content (AvgIpc) is 2.85. The molecule has 0 aromatic carbocycles. The molecule has 4 nitrogen and oxygen atoms in total. The lowest BCUT2D eigenvalue weighted by molar-refractivity contribution is -0.131. The van der Waals surface area contributed by atoms with Gasteiger partial charge in [-0.1, -0.05) is 6.08 Å². The molecule has 0 spiro atoms. The van der Waals surface area contributed by atoms with Gasteiger partial charge in [0.15, 0.2) is 0 Å². The van der Waals surface area contributed by atoms with E-state index in [0.717, 1.165) is 19.6 Å². The molecule has 0 bridgehead atoms. The summed E-state index contributed by atoms with van der Waals surface area (Å²) >= 11 is 0. The molecule has 1 N–H and O–H groups in total. The third-order valence-corrected chi connectivity index (χ3v) is 3.53. The van der Waals surface area contributed by atoms with Crippen LogP contribution in [0.25, 0.3) is 0 Å². The van der Waals surface area contributed by atoms with Gasteiger partial charge < -0.3 is 5.11 Å². The molecule has 2 rings (SSSR count). The summed E-state index contributed by atoms with van der Waals surface area (Å²) in [5, 5.41) is 8.50. The highest BCUT2D eigenvalue weighted by molar-refractivity contribution is 5.79. The second-order valence-corrected chi connectivity index (χ2v) is 4.69. The van der Waals surface area contributed by atoms with Crippen LogP contribution in [0.3, 0.4) is 0 Å². The highest BCUT2D eigenvalue weighted by atomic mass is 16.4. The molecule has 0 aromatic rings. The first-order chi connectivity index (χ1) is 7.75. The van der Waals surface area contributed by atoms with Crippen molar-refractivity contribution in [2.75, 3.05) is 32.7 Å². The minimum atomic E-state index is -0.852. The second-order valence-electron chi connectivity index (χ2n) is 4.69. The summed E-state index contributed by atoms with van der Waals surface area (Å²) in [5.74, 6) is -0.852. The molecule has 1 atom stereocenters. The van der Waals surface area contributed by atoms with Gasteiger partial charge in [0.2, 0.25) is 0 Å². The van der Waals surface area contributed by atoms with Gasteiger partial charge in [0.05, 0.1) is 0 Å². The fourth-order valence-corrected chi connectivity index (χ4v) is 2.69. The van der Waals surface area contributed by atoms with Crippen molar-refractivity contribution < 1.29 is 9.90 Å². The van der Waals surface area contributed by atoms with Crippen LogP contribution in [0.15, 0.2) is 12.2 Å². The minimum Gasteiger partial charge on any atom is -0.478 e. The molecular formula is C12H20N2O2.